The van der Waals surface area contributed by atoms with E-state index in [0.29, 0.717) is 18.1 Å². The summed E-state index contributed by atoms with van der Waals surface area (Å²) in [7, 11) is 1.81. The molecule has 4 atom stereocenters. The predicted molar refractivity (Wildman–Crippen MR) is 125 cm³/mol. The van der Waals surface area contributed by atoms with Crippen LogP contribution in [0.1, 0.15) is 53.4 Å². The van der Waals surface area contributed by atoms with Crippen LogP contribution in [0.25, 0.3) is 0 Å². The Labute approximate surface area is 187 Å². The first-order valence-electron chi connectivity index (χ1n) is 10.5. The highest BCUT2D eigenvalue weighted by Gasteiger charge is 2.28. The molecule has 1 heterocycles. The number of carbonyl (C=O) groups excluding carboxylic acids is 1. The van der Waals surface area contributed by atoms with Crippen LogP contribution in [0.15, 0.2) is 4.99 Å². The summed E-state index contributed by atoms with van der Waals surface area (Å²) in [5.41, 5.74) is 0. The number of nitrogens with one attached hydrogen (secondary N) is 3. The molecule has 0 aromatic rings. The average molecular weight is 509 g/mol. The standard InChI is InChI=1S/C20H39N5O2.HI/c1-14(2)23-19(26)17-7-6-8-18(11-17)24-20(21-5)22-12-15(3)25-9-10-27-13-16(25)4;/h14-18H,6-13H2,1-5H3,(H,23,26)(H2,21,22,24);1H. The molecular weight excluding hydrogens is 469 g/mol. The number of guanidine groups is 1. The van der Waals surface area contributed by atoms with E-state index in [1.165, 1.54) is 0 Å². The summed E-state index contributed by atoms with van der Waals surface area (Å²) >= 11 is 0. The number of hydrogen-bond donors (Lipinski definition) is 3. The monoisotopic (exact) mass is 509 g/mol. The maximum Gasteiger partial charge on any atom is 0.223 e. The summed E-state index contributed by atoms with van der Waals surface area (Å²) in [4.78, 5) is 19.2. The summed E-state index contributed by atoms with van der Waals surface area (Å²) < 4.78 is 5.53. The van der Waals surface area contributed by atoms with Crippen molar-refractivity contribution in [2.75, 3.05) is 33.4 Å². The third kappa shape index (κ3) is 8.02. The first-order valence-corrected chi connectivity index (χ1v) is 10.5. The number of halogens is 1. The SMILES string of the molecule is CN=C(NCC(C)N1CCOCC1C)NC1CCCC(C(=O)NC(C)C)C1.I. The number of morpholine rings is 1. The minimum atomic E-state index is 0. The normalized spacial score (nSPS) is 27.6. The van der Waals surface area contributed by atoms with E-state index in [1.54, 1.807) is 0 Å². The van der Waals surface area contributed by atoms with Gasteiger partial charge >= 0.3 is 0 Å². The number of amides is 1. The summed E-state index contributed by atoms with van der Waals surface area (Å²) in [6, 6.07) is 1.36. The van der Waals surface area contributed by atoms with Gasteiger partial charge in [-0.25, -0.2) is 0 Å². The smallest absolute Gasteiger partial charge is 0.223 e. The lowest BCUT2D eigenvalue weighted by Crippen LogP contribution is -2.54. The molecule has 8 heteroatoms. The first kappa shape index (κ1) is 25.4. The molecule has 0 radical (unpaired) electrons. The number of rotatable bonds is 6. The highest BCUT2D eigenvalue weighted by molar-refractivity contribution is 14.0. The maximum absolute atomic E-state index is 12.3. The topological polar surface area (TPSA) is 78.0 Å². The van der Waals surface area contributed by atoms with Gasteiger partial charge in [0, 0.05) is 50.2 Å². The Balaban J connectivity index is 0.00000392. The fourth-order valence-corrected chi connectivity index (χ4v) is 4.11. The van der Waals surface area contributed by atoms with Gasteiger partial charge in [-0.05, 0) is 47.0 Å². The van der Waals surface area contributed by atoms with E-state index in [-0.39, 0.29) is 41.8 Å². The van der Waals surface area contributed by atoms with E-state index in [2.05, 4.69) is 39.7 Å². The van der Waals surface area contributed by atoms with Gasteiger partial charge < -0.3 is 20.7 Å². The van der Waals surface area contributed by atoms with E-state index in [4.69, 9.17) is 4.74 Å². The van der Waals surface area contributed by atoms with Crippen LogP contribution in [-0.2, 0) is 9.53 Å². The van der Waals surface area contributed by atoms with Gasteiger partial charge in [-0.3, -0.25) is 14.7 Å². The summed E-state index contributed by atoms with van der Waals surface area (Å²) in [6.45, 7) is 11.9. The molecule has 28 heavy (non-hydrogen) atoms. The van der Waals surface area contributed by atoms with Crippen molar-refractivity contribution in [2.45, 2.75) is 77.5 Å². The molecule has 0 aromatic heterocycles. The van der Waals surface area contributed by atoms with Crippen molar-refractivity contribution in [1.82, 2.24) is 20.9 Å². The van der Waals surface area contributed by atoms with Crippen LogP contribution in [0.4, 0.5) is 0 Å². The molecule has 7 nitrogen and oxygen atoms in total. The van der Waals surface area contributed by atoms with E-state index < -0.39 is 0 Å². The molecule has 3 N–H and O–H groups in total. The molecule has 1 aliphatic heterocycles. The van der Waals surface area contributed by atoms with E-state index in [1.807, 2.05) is 20.9 Å². The van der Waals surface area contributed by atoms with Gasteiger partial charge in [0.25, 0.3) is 0 Å². The predicted octanol–water partition coefficient (Wildman–Crippen LogP) is 1.96. The molecule has 0 bridgehead atoms. The molecular formula is C20H40IN5O2. The van der Waals surface area contributed by atoms with Gasteiger partial charge in [-0.1, -0.05) is 6.42 Å². The van der Waals surface area contributed by atoms with Gasteiger partial charge in [-0.15, -0.1) is 24.0 Å². The molecule has 2 aliphatic rings. The molecule has 0 spiro atoms. The lowest BCUT2D eigenvalue weighted by atomic mass is 9.85. The Bertz CT molecular complexity index is 503. The van der Waals surface area contributed by atoms with Crippen LogP contribution in [0.2, 0.25) is 0 Å². The lowest BCUT2D eigenvalue weighted by Gasteiger charge is -2.38. The summed E-state index contributed by atoms with van der Waals surface area (Å²) in [6.07, 6.45) is 4.01. The molecule has 0 aromatic carbocycles. The molecule has 1 saturated heterocycles. The zero-order valence-electron chi connectivity index (χ0n) is 18.2. The lowest BCUT2D eigenvalue weighted by molar-refractivity contribution is -0.126. The number of carbonyl (C=O) groups is 1. The minimum absolute atomic E-state index is 0. The largest absolute Gasteiger partial charge is 0.379 e. The fourth-order valence-electron chi connectivity index (χ4n) is 4.11. The van der Waals surface area contributed by atoms with Gasteiger partial charge in [0.1, 0.15) is 0 Å². The summed E-state index contributed by atoms with van der Waals surface area (Å²) in [5.74, 6) is 1.12. The quantitative estimate of drug-likeness (QED) is 0.290. The number of hydrogen-bond acceptors (Lipinski definition) is 4. The van der Waals surface area contributed by atoms with Crippen LogP contribution in [0.3, 0.4) is 0 Å². The highest BCUT2D eigenvalue weighted by atomic mass is 127. The van der Waals surface area contributed by atoms with E-state index in [0.717, 1.165) is 57.9 Å². The Hall–Kier alpha value is -0.610. The molecule has 1 aliphatic carbocycles. The Morgan fingerprint density at radius 2 is 2.04 bits per heavy atom. The molecule has 2 fully saturated rings. The van der Waals surface area contributed by atoms with Crippen molar-refractivity contribution in [3.8, 4) is 0 Å². The minimum Gasteiger partial charge on any atom is -0.379 e. The van der Waals surface area contributed by atoms with Crippen molar-refractivity contribution in [2.24, 2.45) is 10.9 Å². The van der Waals surface area contributed by atoms with Crippen LogP contribution in [0.5, 0.6) is 0 Å². The fraction of sp³-hybridized carbons (Fsp3) is 0.900. The van der Waals surface area contributed by atoms with Gasteiger partial charge in [0.15, 0.2) is 5.96 Å². The number of nitrogens with zero attached hydrogens (tertiary/aromatic N) is 2. The van der Waals surface area contributed by atoms with Crippen molar-refractivity contribution in [3.63, 3.8) is 0 Å². The Kier molecular flexibility index (Phi) is 11.7. The zero-order valence-corrected chi connectivity index (χ0v) is 20.5. The van der Waals surface area contributed by atoms with Gasteiger partial charge in [0.2, 0.25) is 5.91 Å². The highest BCUT2D eigenvalue weighted by Crippen LogP contribution is 2.24. The van der Waals surface area contributed by atoms with E-state index in [9.17, 15) is 4.79 Å². The van der Waals surface area contributed by atoms with Crippen LogP contribution in [-0.4, -0.2) is 74.3 Å². The van der Waals surface area contributed by atoms with Crippen molar-refractivity contribution in [3.05, 3.63) is 0 Å². The average Bonchev–Trinajstić information content (AvgIpc) is 2.65. The van der Waals surface area contributed by atoms with Crippen LogP contribution < -0.4 is 16.0 Å². The number of ether oxygens (including phenoxy) is 1. The van der Waals surface area contributed by atoms with Crippen LogP contribution in [0, 0.1) is 5.92 Å². The first-order chi connectivity index (χ1) is 12.9. The van der Waals surface area contributed by atoms with Crippen LogP contribution >= 0.6 is 24.0 Å². The maximum atomic E-state index is 12.3. The second kappa shape index (κ2) is 12.8. The number of aliphatic imine (C=N–C) groups is 1. The van der Waals surface area contributed by atoms with E-state index >= 15 is 0 Å². The van der Waals surface area contributed by atoms with Crippen molar-refractivity contribution >= 4 is 35.8 Å². The second-order valence-corrected chi connectivity index (χ2v) is 8.33. The molecule has 1 amide bonds. The Morgan fingerprint density at radius 1 is 1.29 bits per heavy atom. The van der Waals surface area contributed by atoms with Gasteiger partial charge in [0.05, 0.1) is 13.2 Å². The van der Waals surface area contributed by atoms with Crippen molar-refractivity contribution < 1.29 is 9.53 Å². The molecule has 2 rings (SSSR count). The zero-order chi connectivity index (χ0) is 19.8. The van der Waals surface area contributed by atoms with Gasteiger partial charge in [-0.2, -0.15) is 0 Å². The molecule has 1 saturated carbocycles. The van der Waals surface area contributed by atoms with Crippen molar-refractivity contribution in [1.29, 1.82) is 0 Å². The second-order valence-electron chi connectivity index (χ2n) is 8.33. The third-order valence-electron chi connectivity index (χ3n) is 5.59. The third-order valence-corrected chi connectivity index (χ3v) is 5.59. The molecule has 4 unspecified atom stereocenters. The Morgan fingerprint density at radius 3 is 2.68 bits per heavy atom. The summed E-state index contributed by atoms with van der Waals surface area (Å²) in [5, 5.41) is 10.0. The molecule has 164 valence electrons.